The van der Waals surface area contributed by atoms with Crippen molar-refractivity contribution < 1.29 is 0 Å². The molecule has 1 aromatic rings. The summed E-state index contributed by atoms with van der Waals surface area (Å²) in [6, 6.07) is 1.96. The van der Waals surface area contributed by atoms with Gasteiger partial charge in [0.1, 0.15) is 0 Å². The lowest BCUT2D eigenvalue weighted by molar-refractivity contribution is 0.289. The van der Waals surface area contributed by atoms with Crippen molar-refractivity contribution in [1.82, 2.24) is 25.3 Å². The fourth-order valence-corrected chi connectivity index (χ4v) is 2.79. The first-order valence-electron chi connectivity index (χ1n) is 8.53. The summed E-state index contributed by atoms with van der Waals surface area (Å²) in [4.78, 5) is 6.84. The molecule has 1 fully saturated rings. The van der Waals surface area contributed by atoms with Gasteiger partial charge in [0.2, 0.25) is 0 Å². The average molecular weight is 306 g/mol. The fraction of sp³-hybridized carbons (Fsp3) is 0.750. The SMILES string of the molecule is CN=C(NCCCn1cccn1)NCCN1CCCCCC1. The molecule has 1 aliphatic heterocycles. The number of aromatic nitrogens is 2. The number of likely N-dealkylation sites (tertiary alicyclic amines) is 1. The van der Waals surface area contributed by atoms with E-state index in [9.17, 15) is 0 Å². The Morgan fingerprint density at radius 1 is 1.09 bits per heavy atom. The number of hydrogen-bond acceptors (Lipinski definition) is 3. The van der Waals surface area contributed by atoms with E-state index in [1.807, 2.05) is 30.2 Å². The van der Waals surface area contributed by atoms with Gasteiger partial charge in [-0.1, -0.05) is 12.8 Å². The molecule has 2 heterocycles. The normalized spacial score (nSPS) is 17.2. The minimum absolute atomic E-state index is 0.898. The van der Waals surface area contributed by atoms with Crippen molar-refractivity contribution in [2.45, 2.75) is 38.6 Å². The van der Waals surface area contributed by atoms with Crippen LogP contribution in [0.5, 0.6) is 0 Å². The topological polar surface area (TPSA) is 57.5 Å². The number of nitrogens with one attached hydrogen (secondary N) is 2. The van der Waals surface area contributed by atoms with E-state index >= 15 is 0 Å². The molecular formula is C16H30N6. The standard InChI is InChI=1S/C16H30N6/c1-17-16(18-8-6-13-22-14-7-9-20-22)19-10-15-21-11-4-2-3-5-12-21/h7,9,14H,2-6,8,10-13,15H2,1H3,(H2,17,18,19). The van der Waals surface area contributed by atoms with E-state index in [-0.39, 0.29) is 0 Å². The summed E-state index contributed by atoms with van der Waals surface area (Å²) in [5, 5.41) is 11.0. The lowest BCUT2D eigenvalue weighted by Gasteiger charge is -2.20. The third kappa shape index (κ3) is 6.47. The van der Waals surface area contributed by atoms with Crippen molar-refractivity contribution in [3.63, 3.8) is 0 Å². The Morgan fingerprint density at radius 2 is 1.86 bits per heavy atom. The molecule has 6 nitrogen and oxygen atoms in total. The van der Waals surface area contributed by atoms with E-state index in [4.69, 9.17) is 0 Å². The van der Waals surface area contributed by atoms with Crippen molar-refractivity contribution in [2.24, 2.45) is 4.99 Å². The van der Waals surface area contributed by atoms with Crippen LogP contribution >= 0.6 is 0 Å². The van der Waals surface area contributed by atoms with E-state index in [1.54, 1.807) is 0 Å². The molecule has 0 unspecified atom stereocenters. The van der Waals surface area contributed by atoms with Gasteiger partial charge in [0.05, 0.1) is 0 Å². The van der Waals surface area contributed by atoms with Gasteiger partial charge in [-0.15, -0.1) is 0 Å². The van der Waals surface area contributed by atoms with Crippen LogP contribution in [0.15, 0.2) is 23.5 Å². The molecule has 0 aromatic carbocycles. The highest BCUT2D eigenvalue weighted by Crippen LogP contribution is 2.08. The first-order valence-corrected chi connectivity index (χ1v) is 8.53. The fourth-order valence-electron chi connectivity index (χ4n) is 2.79. The first kappa shape index (κ1) is 16.8. The second-order valence-electron chi connectivity index (χ2n) is 5.80. The number of aliphatic imine (C=N–C) groups is 1. The Bertz CT molecular complexity index is 406. The Balaban J connectivity index is 1.54. The van der Waals surface area contributed by atoms with Gasteiger partial charge in [-0.25, -0.2) is 0 Å². The maximum absolute atomic E-state index is 4.28. The number of aryl methyl sites for hydroxylation is 1. The molecule has 0 atom stereocenters. The molecule has 0 spiro atoms. The first-order chi connectivity index (χ1) is 10.9. The third-order valence-corrected chi connectivity index (χ3v) is 4.06. The highest BCUT2D eigenvalue weighted by atomic mass is 15.3. The van der Waals surface area contributed by atoms with Gasteiger partial charge >= 0.3 is 0 Å². The Hall–Kier alpha value is -1.56. The van der Waals surface area contributed by atoms with Crippen molar-refractivity contribution in [3.05, 3.63) is 18.5 Å². The second kappa shape index (κ2) is 10.2. The number of hydrogen-bond donors (Lipinski definition) is 2. The molecule has 124 valence electrons. The highest BCUT2D eigenvalue weighted by molar-refractivity contribution is 5.79. The molecule has 22 heavy (non-hydrogen) atoms. The van der Waals surface area contributed by atoms with Gasteiger partial charge in [-0.05, 0) is 38.4 Å². The molecule has 0 bridgehead atoms. The summed E-state index contributed by atoms with van der Waals surface area (Å²) < 4.78 is 1.96. The predicted molar refractivity (Wildman–Crippen MR) is 91.1 cm³/mol. The zero-order valence-electron chi connectivity index (χ0n) is 13.8. The van der Waals surface area contributed by atoms with Crippen LogP contribution < -0.4 is 10.6 Å². The van der Waals surface area contributed by atoms with Crippen LogP contribution in [0.1, 0.15) is 32.1 Å². The molecule has 2 rings (SSSR count). The Labute approximate surface area is 134 Å². The highest BCUT2D eigenvalue weighted by Gasteiger charge is 2.08. The summed E-state index contributed by atoms with van der Waals surface area (Å²) in [6.45, 7) is 6.40. The third-order valence-electron chi connectivity index (χ3n) is 4.06. The lowest BCUT2D eigenvalue weighted by Crippen LogP contribution is -2.42. The van der Waals surface area contributed by atoms with Gasteiger partial charge in [0.15, 0.2) is 5.96 Å². The quantitative estimate of drug-likeness (QED) is 0.453. The number of rotatable bonds is 7. The molecule has 6 heteroatoms. The van der Waals surface area contributed by atoms with Crippen LogP contribution in [0.2, 0.25) is 0 Å². The summed E-state index contributed by atoms with van der Waals surface area (Å²) in [5.74, 6) is 0.898. The zero-order chi connectivity index (χ0) is 15.5. The van der Waals surface area contributed by atoms with Crippen LogP contribution in [-0.4, -0.2) is 60.4 Å². The van der Waals surface area contributed by atoms with Gasteiger partial charge in [-0.2, -0.15) is 5.10 Å². The number of nitrogens with zero attached hydrogens (tertiary/aromatic N) is 4. The maximum atomic E-state index is 4.28. The van der Waals surface area contributed by atoms with Gasteiger partial charge in [-0.3, -0.25) is 9.67 Å². The average Bonchev–Trinajstić information content (AvgIpc) is 2.92. The second-order valence-corrected chi connectivity index (χ2v) is 5.80. The van der Waals surface area contributed by atoms with Crippen LogP contribution in [0, 0.1) is 0 Å². The molecule has 0 radical (unpaired) electrons. The predicted octanol–water partition coefficient (Wildman–Crippen LogP) is 1.31. The van der Waals surface area contributed by atoms with Crippen molar-refractivity contribution in [3.8, 4) is 0 Å². The number of guanidine groups is 1. The maximum Gasteiger partial charge on any atom is 0.191 e. The van der Waals surface area contributed by atoms with E-state index in [1.165, 1.54) is 38.8 Å². The summed E-state index contributed by atoms with van der Waals surface area (Å²) in [6.07, 6.45) is 10.3. The summed E-state index contributed by atoms with van der Waals surface area (Å²) in [7, 11) is 1.83. The van der Waals surface area contributed by atoms with Crippen LogP contribution in [0.4, 0.5) is 0 Å². The molecular weight excluding hydrogens is 276 g/mol. The Kier molecular flexibility index (Phi) is 7.80. The van der Waals surface area contributed by atoms with Crippen LogP contribution in [0.25, 0.3) is 0 Å². The minimum atomic E-state index is 0.898. The van der Waals surface area contributed by atoms with Crippen molar-refractivity contribution in [2.75, 3.05) is 39.8 Å². The summed E-state index contributed by atoms with van der Waals surface area (Å²) >= 11 is 0. The molecule has 0 saturated carbocycles. The molecule has 0 aliphatic carbocycles. The Morgan fingerprint density at radius 3 is 2.55 bits per heavy atom. The molecule has 0 amide bonds. The molecule has 1 saturated heterocycles. The van der Waals surface area contributed by atoms with E-state index in [0.29, 0.717) is 0 Å². The summed E-state index contributed by atoms with van der Waals surface area (Å²) in [5.41, 5.74) is 0. The van der Waals surface area contributed by atoms with Crippen molar-refractivity contribution >= 4 is 5.96 Å². The molecule has 1 aromatic heterocycles. The monoisotopic (exact) mass is 306 g/mol. The molecule has 1 aliphatic rings. The van der Waals surface area contributed by atoms with Crippen LogP contribution in [-0.2, 0) is 6.54 Å². The smallest absolute Gasteiger partial charge is 0.191 e. The van der Waals surface area contributed by atoms with Gasteiger partial charge in [0, 0.05) is 45.6 Å². The van der Waals surface area contributed by atoms with Gasteiger partial charge < -0.3 is 15.5 Å². The largest absolute Gasteiger partial charge is 0.356 e. The van der Waals surface area contributed by atoms with Crippen molar-refractivity contribution in [1.29, 1.82) is 0 Å². The minimum Gasteiger partial charge on any atom is -0.356 e. The zero-order valence-corrected chi connectivity index (χ0v) is 13.8. The molecule has 2 N–H and O–H groups in total. The van der Waals surface area contributed by atoms with E-state index in [2.05, 4.69) is 25.6 Å². The van der Waals surface area contributed by atoms with Crippen LogP contribution in [0.3, 0.4) is 0 Å². The van der Waals surface area contributed by atoms with E-state index < -0.39 is 0 Å². The van der Waals surface area contributed by atoms with E-state index in [0.717, 1.165) is 38.6 Å². The van der Waals surface area contributed by atoms with Gasteiger partial charge in [0.25, 0.3) is 0 Å². The lowest BCUT2D eigenvalue weighted by atomic mass is 10.2.